The Balaban J connectivity index is 1.37. The van der Waals surface area contributed by atoms with Crippen LogP contribution in [-0.4, -0.2) is 47.0 Å². The number of nitrogens with one attached hydrogen (secondary N) is 1. The van der Waals surface area contributed by atoms with Gasteiger partial charge < -0.3 is 15.0 Å². The van der Waals surface area contributed by atoms with Crippen LogP contribution in [0.3, 0.4) is 0 Å². The van der Waals surface area contributed by atoms with Gasteiger partial charge >= 0.3 is 0 Å². The zero-order valence-corrected chi connectivity index (χ0v) is 15.4. The summed E-state index contributed by atoms with van der Waals surface area (Å²) in [6, 6.07) is 11.0. The van der Waals surface area contributed by atoms with Crippen LogP contribution in [0.4, 0.5) is 11.5 Å². The normalized spacial score (nSPS) is 14.2. The van der Waals surface area contributed by atoms with Crippen LogP contribution >= 0.6 is 0 Å². The minimum atomic E-state index is -0.156. The molecule has 8 heteroatoms. The molecule has 1 amide bonds. The molecule has 3 heterocycles. The largest absolute Gasteiger partial charge is 0.378 e. The number of anilines is 2. The lowest BCUT2D eigenvalue weighted by Crippen LogP contribution is -2.36. The number of aryl methyl sites for hydroxylation is 1. The number of ether oxygens (including phenoxy) is 1. The average Bonchev–Trinajstić information content (AvgIpc) is 2.75. The van der Waals surface area contributed by atoms with E-state index in [2.05, 4.69) is 20.3 Å². The van der Waals surface area contributed by atoms with Crippen molar-refractivity contribution in [1.82, 2.24) is 14.8 Å². The quantitative estimate of drug-likeness (QED) is 0.725. The predicted molar refractivity (Wildman–Crippen MR) is 107 cm³/mol. The van der Waals surface area contributed by atoms with Crippen LogP contribution < -0.4 is 15.6 Å². The molecule has 1 aromatic carbocycles. The molecular formula is C20H21N5O3. The number of fused-ring (bicyclic) bond motifs is 1. The standard InChI is InChI=1S/C20H21N5O3/c26-18-14-22-25(17-4-2-1-3-16(17)18)8-7-20(27)23-19-6-5-15(13-21-19)24-9-11-28-12-10-24/h1-6,13-14H,7-12H2,(H,21,23,27). The molecule has 0 unspecified atom stereocenters. The van der Waals surface area contributed by atoms with Gasteiger partial charge in [-0.15, -0.1) is 0 Å². The minimum absolute atomic E-state index is 0.124. The molecule has 8 nitrogen and oxygen atoms in total. The summed E-state index contributed by atoms with van der Waals surface area (Å²) in [5, 5.41) is 7.54. The summed E-state index contributed by atoms with van der Waals surface area (Å²) in [7, 11) is 0. The van der Waals surface area contributed by atoms with Crippen molar-refractivity contribution in [3.8, 4) is 0 Å². The molecule has 1 aliphatic rings. The Morgan fingerprint density at radius 1 is 1.11 bits per heavy atom. The van der Waals surface area contributed by atoms with E-state index >= 15 is 0 Å². The van der Waals surface area contributed by atoms with Gasteiger partial charge in [0.15, 0.2) is 0 Å². The van der Waals surface area contributed by atoms with Crippen molar-refractivity contribution in [3.05, 3.63) is 59.0 Å². The Labute approximate surface area is 161 Å². The number of nitrogens with zero attached hydrogens (tertiary/aromatic N) is 4. The molecule has 1 saturated heterocycles. The number of pyridine rings is 1. The Kier molecular flexibility index (Phi) is 5.29. The highest BCUT2D eigenvalue weighted by Crippen LogP contribution is 2.16. The predicted octanol–water partition coefficient (Wildman–Crippen LogP) is 1.66. The van der Waals surface area contributed by atoms with Crippen molar-refractivity contribution in [2.75, 3.05) is 36.5 Å². The molecule has 0 spiro atoms. The van der Waals surface area contributed by atoms with E-state index in [1.54, 1.807) is 23.0 Å². The zero-order chi connectivity index (χ0) is 19.3. The number of aromatic nitrogens is 3. The Hall–Kier alpha value is -3.26. The number of morpholine rings is 1. The second kappa shape index (κ2) is 8.18. The number of hydrogen-bond acceptors (Lipinski definition) is 6. The van der Waals surface area contributed by atoms with Crippen LogP contribution in [-0.2, 0) is 16.1 Å². The smallest absolute Gasteiger partial charge is 0.227 e. The number of carbonyl (C=O) groups excluding carboxylic acids is 1. The van der Waals surface area contributed by atoms with Crippen LogP contribution in [0.1, 0.15) is 6.42 Å². The summed E-state index contributed by atoms with van der Waals surface area (Å²) in [5.41, 5.74) is 1.61. The van der Waals surface area contributed by atoms with Gasteiger partial charge in [0.25, 0.3) is 0 Å². The molecule has 0 bridgehead atoms. The van der Waals surface area contributed by atoms with Gasteiger partial charge in [0.2, 0.25) is 11.3 Å². The first kappa shape index (κ1) is 18.1. The number of amides is 1. The number of hydrogen-bond donors (Lipinski definition) is 1. The van der Waals surface area contributed by atoms with E-state index in [1.807, 2.05) is 24.3 Å². The summed E-state index contributed by atoms with van der Waals surface area (Å²) in [5.74, 6) is 0.357. The van der Waals surface area contributed by atoms with Crippen LogP contribution in [0.2, 0.25) is 0 Å². The van der Waals surface area contributed by atoms with Crippen LogP contribution in [0.25, 0.3) is 10.9 Å². The topological polar surface area (TPSA) is 89.4 Å². The summed E-state index contributed by atoms with van der Waals surface area (Å²) in [6.45, 7) is 3.48. The van der Waals surface area contributed by atoms with Crippen LogP contribution in [0, 0.1) is 0 Å². The molecular weight excluding hydrogens is 358 g/mol. The van der Waals surface area contributed by atoms with E-state index < -0.39 is 0 Å². The molecule has 1 fully saturated rings. The first-order valence-electron chi connectivity index (χ1n) is 9.24. The molecule has 28 heavy (non-hydrogen) atoms. The average molecular weight is 379 g/mol. The van der Waals surface area contributed by atoms with E-state index in [0.29, 0.717) is 31.0 Å². The van der Waals surface area contributed by atoms with Crippen LogP contribution in [0.15, 0.2) is 53.6 Å². The minimum Gasteiger partial charge on any atom is -0.378 e. The van der Waals surface area contributed by atoms with Gasteiger partial charge in [0.05, 0.1) is 43.4 Å². The fourth-order valence-electron chi connectivity index (χ4n) is 3.22. The lowest BCUT2D eigenvalue weighted by Gasteiger charge is -2.28. The summed E-state index contributed by atoms with van der Waals surface area (Å²) in [4.78, 5) is 30.7. The third-order valence-corrected chi connectivity index (χ3v) is 4.70. The van der Waals surface area contributed by atoms with Gasteiger partial charge in [-0.2, -0.15) is 5.10 Å². The first-order chi connectivity index (χ1) is 13.7. The molecule has 0 atom stereocenters. The van der Waals surface area contributed by atoms with Crippen molar-refractivity contribution >= 4 is 28.3 Å². The molecule has 0 saturated carbocycles. The van der Waals surface area contributed by atoms with Crippen molar-refractivity contribution in [2.24, 2.45) is 0 Å². The monoisotopic (exact) mass is 379 g/mol. The summed E-state index contributed by atoms with van der Waals surface area (Å²) in [6.07, 6.45) is 3.27. The Morgan fingerprint density at radius 3 is 2.71 bits per heavy atom. The second-order valence-electron chi connectivity index (χ2n) is 6.55. The lowest BCUT2D eigenvalue weighted by atomic mass is 10.2. The molecule has 4 rings (SSSR count). The van der Waals surface area contributed by atoms with Gasteiger partial charge in [-0.3, -0.25) is 14.3 Å². The van der Waals surface area contributed by atoms with Gasteiger partial charge in [0.1, 0.15) is 5.82 Å². The number of rotatable bonds is 5. The number of carbonyl (C=O) groups is 1. The molecule has 3 aromatic rings. The number of para-hydroxylation sites is 1. The Morgan fingerprint density at radius 2 is 1.93 bits per heavy atom. The van der Waals surface area contributed by atoms with E-state index in [9.17, 15) is 9.59 Å². The third kappa shape index (κ3) is 4.01. The molecule has 1 N–H and O–H groups in total. The molecule has 0 aliphatic carbocycles. The van der Waals surface area contributed by atoms with Crippen molar-refractivity contribution in [2.45, 2.75) is 13.0 Å². The highest BCUT2D eigenvalue weighted by Gasteiger charge is 2.12. The van der Waals surface area contributed by atoms with Gasteiger partial charge in [0, 0.05) is 24.9 Å². The highest BCUT2D eigenvalue weighted by molar-refractivity contribution is 5.90. The van der Waals surface area contributed by atoms with Crippen molar-refractivity contribution in [1.29, 1.82) is 0 Å². The van der Waals surface area contributed by atoms with Crippen molar-refractivity contribution in [3.63, 3.8) is 0 Å². The lowest BCUT2D eigenvalue weighted by molar-refractivity contribution is -0.116. The van der Waals surface area contributed by atoms with E-state index in [4.69, 9.17) is 4.74 Å². The van der Waals surface area contributed by atoms with Gasteiger partial charge in [-0.05, 0) is 24.3 Å². The fraction of sp³-hybridized carbons (Fsp3) is 0.300. The molecule has 144 valence electrons. The second-order valence-corrected chi connectivity index (χ2v) is 6.55. The van der Waals surface area contributed by atoms with Gasteiger partial charge in [-0.25, -0.2) is 4.98 Å². The van der Waals surface area contributed by atoms with E-state index in [-0.39, 0.29) is 17.8 Å². The summed E-state index contributed by atoms with van der Waals surface area (Å²) >= 11 is 0. The summed E-state index contributed by atoms with van der Waals surface area (Å²) < 4.78 is 7.02. The number of benzene rings is 1. The van der Waals surface area contributed by atoms with Crippen molar-refractivity contribution < 1.29 is 9.53 Å². The SMILES string of the molecule is O=C(CCn1ncc(=O)c2ccccc21)Nc1ccc(N2CCOCC2)cn1. The maximum absolute atomic E-state index is 12.3. The van der Waals surface area contributed by atoms with Gasteiger partial charge in [-0.1, -0.05) is 12.1 Å². The highest BCUT2D eigenvalue weighted by atomic mass is 16.5. The maximum Gasteiger partial charge on any atom is 0.227 e. The van der Waals surface area contributed by atoms with E-state index in [1.165, 1.54) is 6.20 Å². The molecule has 0 radical (unpaired) electrons. The fourth-order valence-corrected chi connectivity index (χ4v) is 3.22. The first-order valence-corrected chi connectivity index (χ1v) is 9.24. The van der Waals surface area contributed by atoms with Crippen LogP contribution in [0.5, 0.6) is 0 Å². The third-order valence-electron chi connectivity index (χ3n) is 4.70. The van der Waals surface area contributed by atoms with E-state index in [0.717, 1.165) is 24.3 Å². The molecule has 1 aliphatic heterocycles. The Bertz CT molecular complexity index is 1030. The molecule has 2 aromatic heterocycles. The zero-order valence-electron chi connectivity index (χ0n) is 15.4. The maximum atomic E-state index is 12.3.